The van der Waals surface area contributed by atoms with E-state index in [-0.39, 0.29) is 5.91 Å². The molecule has 0 fully saturated rings. The third kappa shape index (κ3) is 4.31. The molecule has 22 heavy (non-hydrogen) atoms. The quantitative estimate of drug-likeness (QED) is 0.818. The van der Waals surface area contributed by atoms with Crippen LogP contribution in [0.5, 0.6) is 0 Å². The van der Waals surface area contributed by atoms with E-state index in [1.54, 1.807) is 12.3 Å². The lowest BCUT2D eigenvalue weighted by molar-refractivity contribution is -0.123. The molecule has 2 rings (SSSR count). The number of amides is 1. The van der Waals surface area contributed by atoms with E-state index in [4.69, 9.17) is 0 Å². The molecule has 0 radical (unpaired) electrons. The van der Waals surface area contributed by atoms with Gasteiger partial charge in [0.25, 0.3) is 0 Å². The summed E-state index contributed by atoms with van der Waals surface area (Å²) in [4.78, 5) is 16.2. The molecule has 2 N–H and O–H groups in total. The van der Waals surface area contributed by atoms with Gasteiger partial charge in [-0.05, 0) is 42.8 Å². The van der Waals surface area contributed by atoms with Gasteiger partial charge in [0.2, 0.25) is 5.91 Å². The van der Waals surface area contributed by atoms with Crippen molar-refractivity contribution >= 4 is 39.0 Å². The first-order valence-corrected chi connectivity index (χ1v) is 7.86. The first-order chi connectivity index (χ1) is 10.3. The molecule has 1 heterocycles. The van der Waals surface area contributed by atoms with Crippen LogP contribution in [-0.4, -0.2) is 10.9 Å². The normalized spacial score (nSPS) is 11.1. The minimum Gasteiger partial charge on any atom is -0.354 e. The second-order valence-corrected chi connectivity index (χ2v) is 7.08. The van der Waals surface area contributed by atoms with E-state index in [0.29, 0.717) is 5.82 Å². The first-order valence-electron chi connectivity index (χ1n) is 7.06. The monoisotopic (exact) mass is 361 g/mol. The van der Waals surface area contributed by atoms with E-state index in [9.17, 15) is 4.79 Å². The Labute approximate surface area is 139 Å². The van der Waals surface area contributed by atoms with Crippen molar-refractivity contribution in [1.29, 1.82) is 0 Å². The Bertz CT molecular complexity index is 675. The lowest BCUT2D eigenvalue weighted by Crippen LogP contribution is -2.27. The Kier molecular flexibility index (Phi) is 4.86. The molecule has 0 saturated carbocycles. The Balaban J connectivity index is 2.06. The van der Waals surface area contributed by atoms with Crippen molar-refractivity contribution in [2.75, 3.05) is 10.6 Å². The van der Waals surface area contributed by atoms with Crippen molar-refractivity contribution in [2.24, 2.45) is 5.41 Å². The van der Waals surface area contributed by atoms with Crippen LogP contribution in [0.2, 0.25) is 0 Å². The van der Waals surface area contributed by atoms with Crippen molar-refractivity contribution in [3.8, 4) is 0 Å². The van der Waals surface area contributed by atoms with Crippen LogP contribution in [0.15, 0.2) is 41.0 Å². The number of carbonyl (C=O) groups is 1. The number of nitrogens with one attached hydrogen (secondary N) is 2. The minimum absolute atomic E-state index is 0.0516. The second-order valence-electron chi connectivity index (χ2n) is 6.23. The fourth-order valence-corrected chi connectivity index (χ4v) is 1.98. The van der Waals surface area contributed by atoms with Crippen molar-refractivity contribution in [3.05, 3.63) is 46.6 Å². The zero-order valence-corrected chi connectivity index (χ0v) is 14.8. The molecule has 0 aliphatic heterocycles. The van der Waals surface area contributed by atoms with Crippen LogP contribution < -0.4 is 10.6 Å². The van der Waals surface area contributed by atoms with Gasteiger partial charge in [0.15, 0.2) is 0 Å². The van der Waals surface area contributed by atoms with Gasteiger partial charge in [0.05, 0.1) is 11.9 Å². The number of carbonyl (C=O) groups excluding carboxylic acids is 1. The molecule has 0 aliphatic rings. The number of hydrogen-bond donors (Lipinski definition) is 2. The van der Waals surface area contributed by atoms with Gasteiger partial charge >= 0.3 is 0 Å². The largest absolute Gasteiger partial charge is 0.354 e. The van der Waals surface area contributed by atoms with Gasteiger partial charge in [-0.15, -0.1) is 0 Å². The highest BCUT2D eigenvalue weighted by molar-refractivity contribution is 9.10. The van der Waals surface area contributed by atoms with Gasteiger partial charge in [-0.2, -0.15) is 0 Å². The number of nitrogens with zero attached hydrogens (tertiary/aromatic N) is 1. The summed E-state index contributed by atoms with van der Waals surface area (Å²) in [6, 6.07) is 9.73. The molecule has 1 aromatic heterocycles. The third-order valence-electron chi connectivity index (χ3n) is 3.13. The number of aromatic nitrogens is 1. The number of aryl methyl sites for hydroxylation is 1. The van der Waals surface area contributed by atoms with E-state index in [1.165, 1.54) is 0 Å². The summed E-state index contributed by atoms with van der Waals surface area (Å²) in [5.74, 6) is 0.502. The predicted molar refractivity (Wildman–Crippen MR) is 94.5 cm³/mol. The third-order valence-corrected chi connectivity index (χ3v) is 4.02. The summed E-state index contributed by atoms with van der Waals surface area (Å²) >= 11 is 3.48. The highest BCUT2D eigenvalue weighted by Crippen LogP contribution is 2.23. The van der Waals surface area contributed by atoms with Crippen LogP contribution in [0.1, 0.15) is 26.3 Å². The van der Waals surface area contributed by atoms with Crippen molar-refractivity contribution in [3.63, 3.8) is 0 Å². The van der Waals surface area contributed by atoms with Gasteiger partial charge in [-0.3, -0.25) is 4.79 Å². The average molecular weight is 362 g/mol. The lowest BCUT2D eigenvalue weighted by atomic mass is 9.96. The summed E-state index contributed by atoms with van der Waals surface area (Å²) in [5, 5.41) is 6.09. The standard InChI is InChI=1S/C17H20BrN3O/c1-11-9-12(5-7-14(11)18)20-13-6-8-15(19-10-13)21-16(22)17(2,3)4/h5-10,20H,1-4H3,(H,19,21,22). The van der Waals surface area contributed by atoms with Gasteiger partial charge in [0, 0.05) is 15.6 Å². The predicted octanol–water partition coefficient (Wildman–Crippen LogP) is 4.88. The Morgan fingerprint density at radius 2 is 1.82 bits per heavy atom. The topological polar surface area (TPSA) is 54.0 Å². The van der Waals surface area contributed by atoms with E-state index >= 15 is 0 Å². The smallest absolute Gasteiger partial charge is 0.230 e. The van der Waals surface area contributed by atoms with Crippen molar-refractivity contribution in [1.82, 2.24) is 4.98 Å². The highest BCUT2D eigenvalue weighted by atomic mass is 79.9. The first kappa shape index (κ1) is 16.5. The lowest BCUT2D eigenvalue weighted by Gasteiger charge is -2.17. The average Bonchev–Trinajstić information content (AvgIpc) is 2.44. The number of hydrogen-bond acceptors (Lipinski definition) is 3. The maximum atomic E-state index is 11.9. The SMILES string of the molecule is Cc1cc(Nc2ccc(NC(=O)C(C)(C)C)nc2)ccc1Br. The zero-order chi connectivity index (χ0) is 16.3. The fraction of sp³-hybridized carbons (Fsp3) is 0.294. The van der Waals surface area contributed by atoms with Crippen LogP contribution >= 0.6 is 15.9 Å². The number of benzene rings is 1. The van der Waals surface area contributed by atoms with E-state index in [0.717, 1.165) is 21.4 Å². The highest BCUT2D eigenvalue weighted by Gasteiger charge is 2.21. The van der Waals surface area contributed by atoms with E-state index in [1.807, 2.05) is 45.9 Å². The number of pyridine rings is 1. The molecule has 5 heteroatoms. The van der Waals surface area contributed by atoms with E-state index in [2.05, 4.69) is 37.6 Å². The summed E-state index contributed by atoms with van der Waals surface area (Å²) in [6.07, 6.45) is 1.70. The summed E-state index contributed by atoms with van der Waals surface area (Å²) in [6.45, 7) is 7.65. The Morgan fingerprint density at radius 3 is 2.36 bits per heavy atom. The van der Waals surface area contributed by atoms with Gasteiger partial charge in [0.1, 0.15) is 5.82 Å². The number of rotatable bonds is 3. The molecule has 1 amide bonds. The van der Waals surface area contributed by atoms with Crippen LogP contribution in [0.4, 0.5) is 17.2 Å². The summed E-state index contributed by atoms with van der Waals surface area (Å²) in [7, 11) is 0. The van der Waals surface area contributed by atoms with Crippen molar-refractivity contribution in [2.45, 2.75) is 27.7 Å². The minimum atomic E-state index is -0.437. The molecule has 0 atom stereocenters. The summed E-state index contributed by atoms with van der Waals surface area (Å²) in [5.41, 5.74) is 2.59. The van der Waals surface area contributed by atoms with Crippen LogP contribution in [0, 0.1) is 12.3 Å². The molecule has 0 saturated heterocycles. The van der Waals surface area contributed by atoms with Gasteiger partial charge < -0.3 is 10.6 Å². The zero-order valence-electron chi connectivity index (χ0n) is 13.2. The van der Waals surface area contributed by atoms with Crippen LogP contribution in [0.3, 0.4) is 0 Å². The van der Waals surface area contributed by atoms with Crippen molar-refractivity contribution < 1.29 is 4.79 Å². The van der Waals surface area contributed by atoms with E-state index < -0.39 is 5.41 Å². The maximum absolute atomic E-state index is 11.9. The molecule has 0 spiro atoms. The molecule has 4 nitrogen and oxygen atoms in total. The molecule has 0 aliphatic carbocycles. The number of halogens is 1. The van der Waals surface area contributed by atoms with Gasteiger partial charge in [-0.1, -0.05) is 36.7 Å². The second kappa shape index (κ2) is 6.48. The fourth-order valence-electron chi connectivity index (χ4n) is 1.73. The molecular formula is C17H20BrN3O. The van der Waals surface area contributed by atoms with Gasteiger partial charge in [-0.25, -0.2) is 4.98 Å². The summed E-state index contributed by atoms with van der Waals surface area (Å²) < 4.78 is 1.08. The molecular weight excluding hydrogens is 342 g/mol. The van der Waals surface area contributed by atoms with Crippen LogP contribution in [-0.2, 0) is 4.79 Å². The molecule has 0 bridgehead atoms. The Morgan fingerprint density at radius 1 is 1.14 bits per heavy atom. The number of anilines is 3. The molecule has 116 valence electrons. The Hall–Kier alpha value is -1.88. The molecule has 1 aromatic carbocycles. The maximum Gasteiger partial charge on any atom is 0.230 e. The molecule has 2 aromatic rings. The van der Waals surface area contributed by atoms with Crippen LogP contribution in [0.25, 0.3) is 0 Å². The molecule has 0 unspecified atom stereocenters.